The molecule has 3 amide bonds. The van der Waals surface area contributed by atoms with E-state index in [1.54, 1.807) is 11.3 Å². The number of piperidine rings is 1. The molecule has 2 aromatic heterocycles. The van der Waals surface area contributed by atoms with Gasteiger partial charge >= 0.3 is 0 Å². The second-order valence-corrected chi connectivity index (χ2v) is 13.3. The lowest BCUT2D eigenvalue weighted by Crippen LogP contribution is -2.65. The van der Waals surface area contributed by atoms with Crippen molar-refractivity contribution in [3.63, 3.8) is 0 Å². The van der Waals surface area contributed by atoms with Crippen LogP contribution >= 0.6 is 11.3 Å². The molecule has 4 heterocycles. The van der Waals surface area contributed by atoms with Crippen molar-refractivity contribution in [1.82, 2.24) is 19.7 Å². The number of fused-ring (bicyclic) bond motifs is 3. The van der Waals surface area contributed by atoms with Crippen LogP contribution in [0.1, 0.15) is 99.0 Å². The first-order chi connectivity index (χ1) is 18.7. The average Bonchev–Trinajstić information content (AvgIpc) is 3.20. The van der Waals surface area contributed by atoms with Gasteiger partial charge in [0.05, 0.1) is 12.2 Å². The fourth-order valence-electron chi connectivity index (χ4n) is 6.81. The van der Waals surface area contributed by atoms with Crippen LogP contribution in [0, 0.1) is 13.8 Å². The number of carbonyl (C=O) groups is 3. The molecule has 2 fully saturated rings. The molecule has 2 N–H and O–H groups in total. The van der Waals surface area contributed by atoms with Crippen LogP contribution in [-0.2, 0) is 16.1 Å². The van der Waals surface area contributed by atoms with E-state index in [0.717, 1.165) is 72.4 Å². The van der Waals surface area contributed by atoms with Gasteiger partial charge in [0.1, 0.15) is 16.1 Å². The molecular weight excluding hydrogens is 510 g/mol. The molecule has 1 aliphatic carbocycles. The molecule has 8 nitrogen and oxygen atoms in total. The van der Waals surface area contributed by atoms with Crippen molar-refractivity contribution in [2.24, 2.45) is 0 Å². The number of anilines is 1. The lowest BCUT2D eigenvalue weighted by Gasteiger charge is -2.45. The summed E-state index contributed by atoms with van der Waals surface area (Å²) in [4.78, 5) is 47.2. The van der Waals surface area contributed by atoms with E-state index in [1.807, 2.05) is 23.3 Å². The molecule has 0 aromatic carbocycles. The SMILES string of the molecule is CC(=O)Nc1c2n(c3sc(C)c(C)c13)CC(C)(C(=O)NC1CCCCCC1)N(CCCN1CCCCC1)C2=O. The number of aryl methyl sites for hydroxylation is 2. The Kier molecular flexibility index (Phi) is 8.38. The molecular formula is C30H45N5O3S. The lowest BCUT2D eigenvalue weighted by molar-refractivity contribution is -0.133. The normalized spacial score (nSPS) is 23.1. The van der Waals surface area contributed by atoms with E-state index < -0.39 is 5.54 Å². The van der Waals surface area contributed by atoms with E-state index in [1.165, 1.54) is 39.0 Å². The highest BCUT2D eigenvalue weighted by Crippen LogP contribution is 2.44. The third-order valence-electron chi connectivity index (χ3n) is 9.16. The first-order valence-corrected chi connectivity index (χ1v) is 15.8. The highest BCUT2D eigenvalue weighted by atomic mass is 32.1. The van der Waals surface area contributed by atoms with Crippen LogP contribution in [0.25, 0.3) is 10.2 Å². The number of aromatic nitrogens is 1. The topological polar surface area (TPSA) is 86.7 Å². The lowest BCUT2D eigenvalue weighted by atomic mass is 9.93. The first kappa shape index (κ1) is 28.1. The number of hydrogen-bond acceptors (Lipinski definition) is 5. The highest BCUT2D eigenvalue weighted by Gasteiger charge is 2.49. The zero-order valence-electron chi connectivity index (χ0n) is 24.2. The van der Waals surface area contributed by atoms with Gasteiger partial charge in [0.2, 0.25) is 11.8 Å². The summed E-state index contributed by atoms with van der Waals surface area (Å²) in [7, 11) is 0. The van der Waals surface area contributed by atoms with E-state index in [4.69, 9.17) is 0 Å². The van der Waals surface area contributed by atoms with Crippen LogP contribution in [0.15, 0.2) is 0 Å². The maximum Gasteiger partial charge on any atom is 0.273 e. The highest BCUT2D eigenvalue weighted by molar-refractivity contribution is 7.19. The standard InChI is InChI=1S/C30H45N5O3S/c1-20-21(2)39-28-24(20)25(31-22(3)36)26-27(37)35(18-12-17-33-15-10-7-11-16-33)30(4,19-34(26)28)29(38)32-23-13-8-5-6-9-14-23/h23H,5-19H2,1-4H3,(H,31,36)(H,32,38). The molecule has 39 heavy (non-hydrogen) atoms. The van der Waals surface area contributed by atoms with Crippen molar-refractivity contribution < 1.29 is 14.4 Å². The predicted molar refractivity (Wildman–Crippen MR) is 158 cm³/mol. The van der Waals surface area contributed by atoms with E-state index in [0.29, 0.717) is 24.5 Å². The summed E-state index contributed by atoms with van der Waals surface area (Å²) in [5.41, 5.74) is 1.17. The quantitative estimate of drug-likeness (QED) is 0.460. The number of likely N-dealkylation sites (tertiary alicyclic amines) is 1. The maximum absolute atomic E-state index is 14.4. The number of nitrogens with zero attached hydrogens (tertiary/aromatic N) is 3. The Balaban J connectivity index is 1.51. The zero-order chi connectivity index (χ0) is 27.7. The maximum atomic E-state index is 14.4. The third kappa shape index (κ3) is 5.49. The molecule has 9 heteroatoms. The van der Waals surface area contributed by atoms with Crippen molar-refractivity contribution in [1.29, 1.82) is 0 Å². The van der Waals surface area contributed by atoms with Crippen LogP contribution in [0.5, 0.6) is 0 Å². The summed E-state index contributed by atoms with van der Waals surface area (Å²) in [6.45, 7) is 11.6. The molecule has 0 bridgehead atoms. The van der Waals surface area contributed by atoms with Crippen LogP contribution in [-0.4, -0.2) is 69.8 Å². The first-order valence-electron chi connectivity index (χ1n) is 15.0. The zero-order valence-corrected chi connectivity index (χ0v) is 25.0. The fourth-order valence-corrected chi connectivity index (χ4v) is 7.98. The molecule has 5 rings (SSSR count). The van der Waals surface area contributed by atoms with Crippen molar-refractivity contribution in [3.8, 4) is 0 Å². The van der Waals surface area contributed by atoms with Gasteiger partial charge in [-0.25, -0.2) is 0 Å². The van der Waals surface area contributed by atoms with Crippen molar-refractivity contribution in [3.05, 3.63) is 16.1 Å². The Hall–Kier alpha value is -2.39. The van der Waals surface area contributed by atoms with Gasteiger partial charge in [0.15, 0.2) is 0 Å². The Bertz CT molecular complexity index is 1240. The van der Waals surface area contributed by atoms with Crippen LogP contribution in [0.3, 0.4) is 0 Å². The molecule has 2 aromatic rings. The van der Waals surface area contributed by atoms with Crippen molar-refractivity contribution in [2.75, 3.05) is 31.5 Å². The van der Waals surface area contributed by atoms with E-state index in [2.05, 4.69) is 22.5 Å². The molecule has 2 aliphatic heterocycles. The molecule has 0 spiro atoms. The van der Waals surface area contributed by atoms with Crippen LogP contribution in [0.4, 0.5) is 5.69 Å². The van der Waals surface area contributed by atoms with E-state index in [9.17, 15) is 14.4 Å². The monoisotopic (exact) mass is 555 g/mol. The molecule has 1 saturated heterocycles. The average molecular weight is 556 g/mol. The van der Waals surface area contributed by atoms with Gasteiger partial charge in [-0.05, 0) is 78.1 Å². The number of thiophene rings is 1. The molecule has 0 radical (unpaired) electrons. The minimum Gasteiger partial charge on any atom is -0.351 e. The Morgan fingerprint density at radius 2 is 1.67 bits per heavy atom. The molecule has 214 valence electrons. The second-order valence-electron chi connectivity index (χ2n) is 12.1. The summed E-state index contributed by atoms with van der Waals surface area (Å²) < 4.78 is 2.02. The molecule has 1 atom stereocenters. The fraction of sp³-hybridized carbons (Fsp3) is 0.700. The smallest absolute Gasteiger partial charge is 0.273 e. The van der Waals surface area contributed by atoms with Crippen molar-refractivity contribution in [2.45, 2.75) is 110 Å². The van der Waals surface area contributed by atoms with Gasteiger partial charge in [-0.15, -0.1) is 11.3 Å². The number of rotatable bonds is 7. The Labute approximate surface area is 236 Å². The van der Waals surface area contributed by atoms with Gasteiger partial charge in [0.25, 0.3) is 5.91 Å². The molecule has 1 saturated carbocycles. The summed E-state index contributed by atoms with van der Waals surface area (Å²) in [6.07, 6.45) is 11.3. The summed E-state index contributed by atoms with van der Waals surface area (Å²) in [6, 6.07) is 0.161. The molecule has 3 aliphatic rings. The minimum absolute atomic E-state index is 0.0562. The van der Waals surface area contributed by atoms with Crippen molar-refractivity contribution >= 4 is 45.0 Å². The van der Waals surface area contributed by atoms with Gasteiger partial charge in [-0.1, -0.05) is 32.1 Å². The largest absolute Gasteiger partial charge is 0.351 e. The molecule has 1 unspecified atom stereocenters. The second kappa shape index (κ2) is 11.6. The number of nitrogens with one attached hydrogen (secondary N) is 2. The van der Waals surface area contributed by atoms with Gasteiger partial charge in [-0.2, -0.15) is 0 Å². The Morgan fingerprint density at radius 3 is 2.33 bits per heavy atom. The number of amides is 3. The van der Waals surface area contributed by atoms with Gasteiger partial charge in [0, 0.05) is 29.8 Å². The predicted octanol–water partition coefficient (Wildman–Crippen LogP) is 5.21. The number of carbonyl (C=O) groups excluding carboxylic acids is 3. The van der Waals surface area contributed by atoms with Gasteiger partial charge in [-0.3, -0.25) is 14.4 Å². The summed E-state index contributed by atoms with van der Waals surface area (Å²) in [5, 5.41) is 7.29. The summed E-state index contributed by atoms with van der Waals surface area (Å²) in [5.74, 6) is -0.417. The van der Waals surface area contributed by atoms with E-state index in [-0.39, 0.29) is 23.8 Å². The van der Waals surface area contributed by atoms with Crippen LogP contribution in [0.2, 0.25) is 0 Å². The number of hydrogen-bond donors (Lipinski definition) is 2. The van der Waals surface area contributed by atoms with Crippen LogP contribution < -0.4 is 10.6 Å². The van der Waals surface area contributed by atoms with Gasteiger partial charge < -0.3 is 25.0 Å². The summed E-state index contributed by atoms with van der Waals surface area (Å²) >= 11 is 1.63. The van der Waals surface area contributed by atoms with E-state index >= 15 is 0 Å². The minimum atomic E-state index is -1.01. The Morgan fingerprint density at radius 1 is 1.00 bits per heavy atom. The third-order valence-corrected chi connectivity index (χ3v) is 10.4.